The number of rotatable bonds is 3. The van der Waals surface area contributed by atoms with Crippen molar-refractivity contribution in [3.8, 4) is 17.2 Å². The molecule has 42 heavy (non-hydrogen) atoms. The summed E-state index contributed by atoms with van der Waals surface area (Å²) in [6.45, 7) is 4.97. The Kier molecular flexibility index (Phi) is 8.63. The average Bonchev–Trinajstić information content (AvgIpc) is 2.94. The van der Waals surface area contributed by atoms with E-state index in [-0.39, 0.29) is 55.1 Å². The lowest BCUT2D eigenvalue weighted by atomic mass is 9.83. The normalized spacial score (nSPS) is 23.9. The molecule has 13 heteroatoms. The van der Waals surface area contributed by atoms with E-state index >= 15 is 0 Å². The van der Waals surface area contributed by atoms with E-state index in [0.717, 1.165) is 12.8 Å². The van der Waals surface area contributed by atoms with Crippen molar-refractivity contribution in [2.24, 2.45) is 5.41 Å². The lowest BCUT2D eigenvalue weighted by Gasteiger charge is -2.42. The molecule has 0 radical (unpaired) electrons. The summed E-state index contributed by atoms with van der Waals surface area (Å²) in [5, 5.41) is 5.62. The first-order valence-corrected chi connectivity index (χ1v) is 15.4. The minimum absolute atomic E-state index is 0.0175. The van der Waals surface area contributed by atoms with Gasteiger partial charge in [0.1, 0.15) is 17.7 Å². The SMILES string of the molecule is COc1ccc2cc1OCC(=O)NCc1cc(F)cc(c1)O[C@@H]1CCN(S(=O)(=O)N3CCC(C)(C)CC3)C[C@@H]1NC2=O. The van der Waals surface area contributed by atoms with Gasteiger partial charge in [-0.05, 0) is 54.2 Å². The number of fused-ring (bicyclic) bond motifs is 5. The molecular weight excluding hydrogens is 567 g/mol. The molecule has 0 aliphatic carbocycles. The molecule has 5 rings (SSSR count). The van der Waals surface area contributed by atoms with Crippen LogP contribution in [0.15, 0.2) is 36.4 Å². The summed E-state index contributed by atoms with van der Waals surface area (Å²) < 4.78 is 61.9. The monoisotopic (exact) mass is 604 g/mol. The van der Waals surface area contributed by atoms with Crippen LogP contribution in [-0.2, 0) is 21.5 Å². The van der Waals surface area contributed by atoms with E-state index in [2.05, 4.69) is 24.5 Å². The second-order valence-corrected chi connectivity index (χ2v) is 13.6. The second-order valence-electron chi connectivity index (χ2n) is 11.7. The van der Waals surface area contributed by atoms with Gasteiger partial charge in [0.2, 0.25) is 0 Å². The Morgan fingerprint density at radius 3 is 2.55 bits per heavy atom. The highest BCUT2D eigenvalue weighted by atomic mass is 32.2. The van der Waals surface area contributed by atoms with Crippen molar-refractivity contribution >= 4 is 22.0 Å². The molecule has 0 unspecified atom stereocenters. The van der Waals surface area contributed by atoms with Gasteiger partial charge in [-0.25, -0.2) is 4.39 Å². The van der Waals surface area contributed by atoms with Crippen molar-refractivity contribution in [2.75, 3.05) is 39.9 Å². The fourth-order valence-corrected chi connectivity index (χ4v) is 7.07. The summed E-state index contributed by atoms with van der Waals surface area (Å²) in [5.41, 5.74) is 0.777. The Morgan fingerprint density at radius 2 is 1.81 bits per heavy atom. The summed E-state index contributed by atoms with van der Waals surface area (Å²) in [5.74, 6) is -0.756. The minimum Gasteiger partial charge on any atom is -0.493 e. The number of hydrogen-bond acceptors (Lipinski definition) is 7. The third-order valence-corrected chi connectivity index (χ3v) is 10.1. The lowest BCUT2D eigenvalue weighted by molar-refractivity contribution is -0.123. The third kappa shape index (κ3) is 6.79. The second kappa shape index (κ2) is 12.1. The molecule has 0 saturated carbocycles. The first-order valence-electron chi connectivity index (χ1n) is 14.0. The van der Waals surface area contributed by atoms with Crippen LogP contribution in [0.25, 0.3) is 0 Å². The average molecular weight is 605 g/mol. The third-order valence-electron chi connectivity index (χ3n) is 8.05. The fourth-order valence-electron chi connectivity index (χ4n) is 5.42. The number of carbonyl (C=O) groups is 2. The van der Waals surface area contributed by atoms with Crippen molar-refractivity contribution in [2.45, 2.75) is 51.8 Å². The number of halogens is 1. The van der Waals surface area contributed by atoms with E-state index in [1.165, 1.54) is 33.9 Å². The molecule has 2 fully saturated rings. The highest BCUT2D eigenvalue weighted by Gasteiger charge is 2.41. The molecule has 2 saturated heterocycles. The Hall–Kier alpha value is -3.42. The predicted molar refractivity (Wildman–Crippen MR) is 152 cm³/mol. The van der Waals surface area contributed by atoms with E-state index in [9.17, 15) is 22.4 Å². The highest BCUT2D eigenvalue weighted by molar-refractivity contribution is 7.86. The standard InChI is InChI=1S/C29H37FN4O7S/c1-29(2)7-10-33(11-8-29)42(37,38)34-9-6-24-23(17-34)32-28(36)20-4-5-25(39-3)26(14-20)40-18-27(35)31-16-19-12-21(30)15-22(13-19)41-24/h4-5,12-15,23-24H,6-11,16-18H2,1-3H3,(H,31,35)(H,32,36)/t23-,24+/m0/s1. The number of piperidine rings is 2. The molecule has 0 spiro atoms. The zero-order chi connectivity index (χ0) is 30.1. The molecule has 0 aromatic heterocycles. The van der Waals surface area contributed by atoms with Crippen LogP contribution in [0.3, 0.4) is 0 Å². The first-order chi connectivity index (χ1) is 19.9. The minimum atomic E-state index is -3.78. The molecule has 2 aromatic carbocycles. The maximum atomic E-state index is 14.5. The Balaban J connectivity index is 1.45. The van der Waals surface area contributed by atoms with Gasteiger partial charge >= 0.3 is 0 Å². The zero-order valence-corrected chi connectivity index (χ0v) is 24.8. The lowest BCUT2D eigenvalue weighted by Crippen LogP contribution is -2.60. The summed E-state index contributed by atoms with van der Waals surface area (Å²) in [6.07, 6.45) is 1.14. The fraction of sp³-hybridized carbons (Fsp3) is 0.517. The molecule has 3 heterocycles. The van der Waals surface area contributed by atoms with Crippen molar-refractivity contribution < 1.29 is 36.6 Å². The smallest absolute Gasteiger partial charge is 0.282 e. The van der Waals surface area contributed by atoms with Gasteiger partial charge in [-0.3, -0.25) is 9.59 Å². The van der Waals surface area contributed by atoms with E-state index in [0.29, 0.717) is 24.4 Å². The maximum Gasteiger partial charge on any atom is 0.282 e. The summed E-state index contributed by atoms with van der Waals surface area (Å²) in [6, 6.07) is 7.96. The van der Waals surface area contributed by atoms with E-state index in [1.807, 2.05) is 0 Å². The first kappa shape index (κ1) is 30.1. The number of amides is 2. The number of carbonyl (C=O) groups excluding carboxylic acids is 2. The van der Waals surface area contributed by atoms with E-state index < -0.39 is 40.0 Å². The Morgan fingerprint density at radius 1 is 1.05 bits per heavy atom. The molecule has 2 N–H and O–H groups in total. The summed E-state index contributed by atoms with van der Waals surface area (Å²) >= 11 is 0. The van der Waals surface area contributed by atoms with E-state index in [4.69, 9.17) is 14.2 Å². The van der Waals surface area contributed by atoms with Crippen molar-refractivity contribution in [3.05, 3.63) is 53.3 Å². The van der Waals surface area contributed by atoms with Crippen LogP contribution in [0, 0.1) is 11.2 Å². The number of methoxy groups -OCH3 is 1. The van der Waals surface area contributed by atoms with Crippen LogP contribution in [0.4, 0.5) is 4.39 Å². The Labute approximate surface area is 245 Å². The number of nitrogens with one attached hydrogen (secondary N) is 2. The van der Waals surface area contributed by atoms with Crippen molar-refractivity contribution in [3.63, 3.8) is 0 Å². The number of hydrogen-bond donors (Lipinski definition) is 2. The molecule has 2 aromatic rings. The van der Waals surface area contributed by atoms with Gasteiger partial charge < -0.3 is 24.8 Å². The highest BCUT2D eigenvalue weighted by Crippen LogP contribution is 2.33. The number of ether oxygens (including phenoxy) is 3. The van der Waals surface area contributed by atoms with Gasteiger partial charge in [-0.2, -0.15) is 17.0 Å². The van der Waals surface area contributed by atoms with Crippen LogP contribution in [0.2, 0.25) is 0 Å². The van der Waals surface area contributed by atoms with Crippen LogP contribution in [-0.4, -0.2) is 80.9 Å². The van der Waals surface area contributed by atoms with Crippen molar-refractivity contribution in [1.29, 1.82) is 0 Å². The molecule has 11 nitrogen and oxygen atoms in total. The number of benzene rings is 2. The van der Waals surface area contributed by atoms with Gasteiger partial charge in [0.15, 0.2) is 18.1 Å². The van der Waals surface area contributed by atoms with Crippen LogP contribution in [0.5, 0.6) is 17.2 Å². The molecule has 228 valence electrons. The topological polar surface area (TPSA) is 127 Å². The van der Waals surface area contributed by atoms with Gasteiger partial charge in [-0.1, -0.05) is 13.8 Å². The van der Waals surface area contributed by atoms with Crippen LogP contribution >= 0.6 is 0 Å². The van der Waals surface area contributed by atoms with E-state index in [1.54, 1.807) is 18.2 Å². The largest absolute Gasteiger partial charge is 0.493 e. The van der Waals surface area contributed by atoms with Crippen molar-refractivity contribution in [1.82, 2.24) is 19.2 Å². The molecule has 2 amide bonds. The molecular formula is C29H37FN4O7S. The molecule has 3 aliphatic heterocycles. The summed E-state index contributed by atoms with van der Waals surface area (Å²) in [4.78, 5) is 25.9. The maximum absolute atomic E-state index is 14.5. The Bertz CT molecular complexity index is 1440. The quantitative estimate of drug-likeness (QED) is 0.551. The van der Waals surface area contributed by atoms with Crippen LogP contribution in [0.1, 0.15) is 49.0 Å². The van der Waals surface area contributed by atoms with Gasteiger partial charge in [0, 0.05) is 50.8 Å². The molecule has 4 bridgehead atoms. The number of nitrogens with zero attached hydrogens (tertiary/aromatic N) is 2. The zero-order valence-electron chi connectivity index (χ0n) is 24.0. The summed E-state index contributed by atoms with van der Waals surface area (Å²) in [7, 11) is -2.34. The molecule has 2 atom stereocenters. The van der Waals surface area contributed by atoms with Gasteiger partial charge in [0.25, 0.3) is 22.0 Å². The van der Waals surface area contributed by atoms with Crippen LogP contribution < -0.4 is 24.8 Å². The van der Waals surface area contributed by atoms with Gasteiger partial charge in [0.05, 0.1) is 13.2 Å². The predicted octanol–water partition coefficient (Wildman–Crippen LogP) is 2.46. The van der Waals surface area contributed by atoms with Gasteiger partial charge in [-0.15, -0.1) is 0 Å². The molecule has 3 aliphatic rings.